The van der Waals surface area contributed by atoms with Crippen LogP contribution < -0.4 is 5.32 Å². The van der Waals surface area contributed by atoms with Gasteiger partial charge in [0.25, 0.3) is 0 Å². The molecule has 0 aliphatic carbocycles. The van der Waals surface area contributed by atoms with Gasteiger partial charge in [0.1, 0.15) is 0 Å². The Balaban J connectivity index is 2.68. The molecule has 1 unspecified atom stereocenters. The molecule has 0 spiro atoms. The van der Waals surface area contributed by atoms with Crippen LogP contribution in [0.3, 0.4) is 0 Å². The average Bonchev–Trinajstić information content (AvgIpc) is 2.69. The normalized spacial score (nSPS) is 14.6. The summed E-state index contributed by atoms with van der Waals surface area (Å²) in [5.41, 5.74) is 2.53. The minimum Gasteiger partial charge on any atom is -0.316 e. The first-order chi connectivity index (χ1) is 8.90. The molecule has 0 radical (unpaired) electrons. The van der Waals surface area contributed by atoms with Gasteiger partial charge >= 0.3 is 0 Å². The van der Waals surface area contributed by atoms with Crippen molar-refractivity contribution in [1.82, 2.24) is 15.1 Å². The van der Waals surface area contributed by atoms with Crippen molar-refractivity contribution < 1.29 is 0 Å². The molecule has 0 amide bonds. The van der Waals surface area contributed by atoms with Crippen molar-refractivity contribution in [3.05, 3.63) is 30.1 Å². The standard InChI is InChI=1S/C16H29N3/c1-7-14-9-15(19(6)18-14)10-16(5,8-2)12-17-11-13(3)4/h8-9,13,17H,2,7,10-12H2,1,3-6H3. The third-order valence-corrected chi connectivity index (χ3v) is 3.55. The molecule has 0 aliphatic heterocycles. The van der Waals surface area contributed by atoms with E-state index in [1.807, 2.05) is 11.7 Å². The molecular weight excluding hydrogens is 234 g/mol. The minimum atomic E-state index is 0.0771. The Kier molecular flexibility index (Phi) is 5.80. The lowest BCUT2D eigenvalue weighted by Crippen LogP contribution is -2.34. The number of hydrogen-bond donors (Lipinski definition) is 1. The highest BCUT2D eigenvalue weighted by molar-refractivity contribution is 5.14. The molecule has 1 aromatic heterocycles. The van der Waals surface area contributed by atoms with Crippen molar-refractivity contribution >= 4 is 0 Å². The predicted octanol–water partition coefficient (Wildman–Crippen LogP) is 2.96. The van der Waals surface area contributed by atoms with Crippen LogP contribution in [0.15, 0.2) is 18.7 Å². The molecule has 3 heteroatoms. The predicted molar refractivity (Wildman–Crippen MR) is 82.3 cm³/mol. The van der Waals surface area contributed by atoms with Crippen LogP contribution in [0.1, 0.15) is 39.1 Å². The Bertz CT molecular complexity index is 406. The largest absolute Gasteiger partial charge is 0.316 e. The Morgan fingerprint density at radius 1 is 1.53 bits per heavy atom. The van der Waals surface area contributed by atoms with Gasteiger partial charge in [-0.15, -0.1) is 6.58 Å². The molecule has 1 N–H and O–H groups in total. The maximum Gasteiger partial charge on any atom is 0.0624 e. The van der Waals surface area contributed by atoms with E-state index < -0.39 is 0 Å². The van der Waals surface area contributed by atoms with Crippen molar-refractivity contribution in [2.75, 3.05) is 13.1 Å². The quantitative estimate of drug-likeness (QED) is 0.731. The van der Waals surface area contributed by atoms with Gasteiger partial charge in [-0.05, 0) is 31.4 Å². The van der Waals surface area contributed by atoms with Crippen LogP contribution in [0.5, 0.6) is 0 Å². The van der Waals surface area contributed by atoms with E-state index in [1.54, 1.807) is 0 Å². The van der Waals surface area contributed by atoms with E-state index >= 15 is 0 Å². The average molecular weight is 263 g/mol. The molecular formula is C16H29N3. The Labute approximate surface area is 118 Å². The fraction of sp³-hybridized carbons (Fsp3) is 0.688. The number of nitrogens with one attached hydrogen (secondary N) is 1. The summed E-state index contributed by atoms with van der Waals surface area (Å²) >= 11 is 0. The second kappa shape index (κ2) is 6.90. The molecule has 0 saturated heterocycles. The van der Waals surface area contributed by atoms with Gasteiger partial charge in [0.2, 0.25) is 0 Å². The van der Waals surface area contributed by atoms with Crippen LogP contribution in [-0.4, -0.2) is 22.9 Å². The third-order valence-electron chi connectivity index (χ3n) is 3.55. The number of aryl methyl sites for hydroxylation is 2. The highest BCUT2D eigenvalue weighted by Crippen LogP contribution is 2.23. The first-order valence-corrected chi connectivity index (χ1v) is 7.26. The number of hydrogen-bond acceptors (Lipinski definition) is 2. The number of rotatable bonds is 8. The smallest absolute Gasteiger partial charge is 0.0624 e. The fourth-order valence-electron chi connectivity index (χ4n) is 2.18. The summed E-state index contributed by atoms with van der Waals surface area (Å²) in [6, 6.07) is 2.21. The summed E-state index contributed by atoms with van der Waals surface area (Å²) in [5, 5.41) is 8.05. The van der Waals surface area contributed by atoms with Gasteiger partial charge in [-0.1, -0.05) is 33.8 Å². The molecule has 0 saturated carbocycles. The Hall–Kier alpha value is -1.09. The lowest BCUT2D eigenvalue weighted by molar-refractivity contribution is 0.369. The monoisotopic (exact) mass is 263 g/mol. The highest BCUT2D eigenvalue weighted by Gasteiger charge is 2.22. The Morgan fingerprint density at radius 2 is 2.21 bits per heavy atom. The van der Waals surface area contributed by atoms with E-state index in [2.05, 4.69) is 56.8 Å². The molecule has 1 heterocycles. The third kappa shape index (κ3) is 4.83. The van der Waals surface area contributed by atoms with Gasteiger partial charge in [0, 0.05) is 24.7 Å². The molecule has 0 fully saturated rings. The van der Waals surface area contributed by atoms with Crippen LogP contribution in [0, 0.1) is 11.3 Å². The lowest BCUT2D eigenvalue weighted by atomic mass is 9.85. The summed E-state index contributed by atoms with van der Waals surface area (Å²) < 4.78 is 2.00. The molecule has 1 rings (SSSR count). The second-order valence-corrected chi connectivity index (χ2v) is 6.16. The zero-order valence-electron chi connectivity index (χ0n) is 13.2. The van der Waals surface area contributed by atoms with Crippen LogP contribution in [0.2, 0.25) is 0 Å². The van der Waals surface area contributed by atoms with E-state index in [1.165, 1.54) is 11.4 Å². The van der Waals surface area contributed by atoms with Gasteiger partial charge < -0.3 is 5.32 Å². The van der Waals surface area contributed by atoms with Crippen molar-refractivity contribution in [1.29, 1.82) is 0 Å². The maximum atomic E-state index is 4.52. The Morgan fingerprint density at radius 3 is 2.68 bits per heavy atom. The van der Waals surface area contributed by atoms with Crippen LogP contribution in [0.25, 0.3) is 0 Å². The van der Waals surface area contributed by atoms with Crippen LogP contribution in [0.4, 0.5) is 0 Å². The van der Waals surface area contributed by atoms with Gasteiger partial charge in [0.15, 0.2) is 0 Å². The van der Waals surface area contributed by atoms with Gasteiger partial charge in [-0.2, -0.15) is 5.10 Å². The fourth-order valence-corrected chi connectivity index (χ4v) is 2.18. The van der Waals surface area contributed by atoms with Crippen molar-refractivity contribution in [3.8, 4) is 0 Å². The van der Waals surface area contributed by atoms with E-state index in [0.29, 0.717) is 5.92 Å². The van der Waals surface area contributed by atoms with Crippen molar-refractivity contribution in [3.63, 3.8) is 0 Å². The zero-order valence-corrected chi connectivity index (χ0v) is 13.2. The molecule has 1 aromatic rings. The SMILES string of the molecule is C=CC(C)(CNCC(C)C)Cc1cc(CC)nn1C. The van der Waals surface area contributed by atoms with Gasteiger partial charge in [-0.25, -0.2) is 0 Å². The highest BCUT2D eigenvalue weighted by atomic mass is 15.3. The van der Waals surface area contributed by atoms with E-state index in [9.17, 15) is 0 Å². The lowest BCUT2D eigenvalue weighted by Gasteiger charge is -2.26. The van der Waals surface area contributed by atoms with E-state index in [4.69, 9.17) is 0 Å². The summed E-state index contributed by atoms with van der Waals surface area (Å²) in [6.45, 7) is 14.9. The minimum absolute atomic E-state index is 0.0771. The molecule has 0 bridgehead atoms. The summed E-state index contributed by atoms with van der Waals surface area (Å²) in [5.74, 6) is 0.678. The van der Waals surface area contributed by atoms with Crippen molar-refractivity contribution in [2.45, 2.75) is 40.5 Å². The molecule has 0 aliphatic rings. The van der Waals surface area contributed by atoms with Crippen molar-refractivity contribution in [2.24, 2.45) is 18.4 Å². The summed E-state index contributed by atoms with van der Waals surface area (Å²) in [4.78, 5) is 0. The molecule has 19 heavy (non-hydrogen) atoms. The molecule has 0 aromatic carbocycles. The van der Waals surface area contributed by atoms with Gasteiger partial charge in [0.05, 0.1) is 5.69 Å². The number of aromatic nitrogens is 2. The molecule has 108 valence electrons. The maximum absolute atomic E-state index is 4.52. The van der Waals surface area contributed by atoms with Crippen LogP contribution in [-0.2, 0) is 19.9 Å². The first-order valence-electron chi connectivity index (χ1n) is 7.26. The summed E-state index contributed by atoms with van der Waals surface area (Å²) in [6.07, 6.45) is 4.04. The summed E-state index contributed by atoms with van der Waals surface area (Å²) in [7, 11) is 2.03. The molecule has 3 nitrogen and oxygen atoms in total. The van der Waals surface area contributed by atoms with Crippen LogP contribution >= 0.6 is 0 Å². The first kappa shape index (κ1) is 16.0. The molecule has 1 atom stereocenters. The second-order valence-electron chi connectivity index (χ2n) is 6.16. The number of nitrogens with zero attached hydrogens (tertiary/aromatic N) is 2. The van der Waals surface area contributed by atoms with E-state index in [-0.39, 0.29) is 5.41 Å². The zero-order chi connectivity index (χ0) is 14.5. The van der Waals surface area contributed by atoms with E-state index in [0.717, 1.165) is 25.9 Å². The topological polar surface area (TPSA) is 29.9 Å². The van der Waals surface area contributed by atoms with Gasteiger partial charge in [-0.3, -0.25) is 4.68 Å².